The van der Waals surface area contributed by atoms with E-state index in [9.17, 15) is 5.11 Å². The third kappa shape index (κ3) is 4.91. The second-order valence-corrected chi connectivity index (χ2v) is 9.16. The van der Waals surface area contributed by atoms with Gasteiger partial charge in [-0.25, -0.2) is 0 Å². The van der Waals surface area contributed by atoms with E-state index in [1.165, 1.54) is 0 Å². The van der Waals surface area contributed by atoms with Crippen molar-refractivity contribution in [1.82, 2.24) is 0 Å². The molecule has 1 aromatic rings. The number of phenols is 1. The van der Waals surface area contributed by atoms with Gasteiger partial charge in [0.1, 0.15) is 5.75 Å². The van der Waals surface area contributed by atoms with Gasteiger partial charge in [-0.15, -0.1) is 0 Å². The summed E-state index contributed by atoms with van der Waals surface area (Å²) in [5.41, 5.74) is 3.21. The molecule has 1 aromatic carbocycles. The van der Waals surface area contributed by atoms with Gasteiger partial charge in [0.25, 0.3) is 0 Å². The molecule has 0 saturated carbocycles. The number of benzene rings is 1. The van der Waals surface area contributed by atoms with Gasteiger partial charge in [-0.2, -0.15) is 0 Å². The zero-order chi connectivity index (χ0) is 16.6. The largest absolute Gasteiger partial charge is 0.507 e. The van der Waals surface area contributed by atoms with Crippen LogP contribution in [0.4, 0.5) is 0 Å². The standard InChI is InChI=1S/C20H32O/c1-18(2,3)11-10-14-12-15(19(4,5)6)17(21)16(13-14)20(7,8)9/h10-13,21H,1-9H3/b11-10+. The van der Waals surface area contributed by atoms with E-state index in [1.807, 2.05) is 0 Å². The van der Waals surface area contributed by atoms with Gasteiger partial charge < -0.3 is 5.11 Å². The van der Waals surface area contributed by atoms with Crippen LogP contribution in [-0.4, -0.2) is 5.11 Å². The Morgan fingerprint density at radius 3 is 1.43 bits per heavy atom. The van der Waals surface area contributed by atoms with Gasteiger partial charge in [0, 0.05) is 11.1 Å². The van der Waals surface area contributed by atoms with E-state index < -0.39 is 0 Å². The van der Waals surface area contributed by atoms with Crippen LogP contribution in [0.3, 0.4) is 0 Å². The maximum absolute atomic E-state index is 10.7. The predicted molar refractivity (Wildman–Crippen MR) is 94.0 cm³/mol. The molecule has 0 unspecified atom stereocenters. The molecule has 118 valence electrons. The first-order chi connectivity index (χ1) is 9.22. The topological polar surface area (TPSA) is 20.2 Å². The van der Waals surface area contributed by atoms with Gasteiger partial charge >= 0.3 is 0 Å². The summed E-state index contributed by atoms with van der Waals surface area (Å²) in [6.45, 7) is 19.4. The molecular formula is C20H32O. The number of rotatable bonds is 1. The van der Waals surface area contributed by atoms with Crippen molar-refractivity contribution >= 4 is 6.08 Å². The molecule has 0 bridgehead atoms. The van der Waals surface area contributed by atoms with Crippen LogP contribution in [0.25, 0.3) is 6.08 Å². The monoisotopic (exact) mass is 288 g/mol. The molecule has 0 aromatic heterocycles. The van der Waals surface area contributed by atoms with Crippen LogP contribution >= 0.6 is 0 Å². The van der Waals surface area contributed by atoms with Crippen LogP contribution in [-0.2, 0) is 10.8 Å². The van der Waals surface area contributed by atoms with Crippen LogP contribution < -0.4 is 0 Å². The molecule has 0 saturated heterocycles. The Hall–Kier alpha value is -1.24. The maximum atomic E-state index is 10.7. The average Bonchev–Trinajstić information content (AvgIpc) is 2.23. The summed E-state index contributed by atoms with van der Waals surface area (Å²) in [6.07, 6.45) is 4.39. The fourth-order valence-electron chi connectivity index (χ4n) is 2.24. The molecule has 0 fully saturated rings. The smallest absolute Gasteiger partial charge is 0.123 e. The Balaban J connectivity index is 3.52. The Labute approximate surface area is 131 Å². The Morgan fingerprint density at radius 1 is 0.762 bits per heavy atom. The summed E-state index contributed by atoms with van der Waals surface area (Å²) in [7, 11) is 0. The highest BCUT2D eigenvalue weighted by Crippen LogP contribution is 2.40. The van der Waals surface area contributed by atoms with E-state index in [0.29, 0.717) is 5.75 Å². The third-order valence-electron chi connectivity index (χ3n) is 3.52. The van der Waals surface area contributed by atoms with E-state index in [-0.39, 0.29) is 16.2 Å². The van der Waals surface area contributed by atoms with Crippen LogP contribution in [0.15, 0.2) is 18.2 Å². The number of hydrogen-bond acceptors (Lipinski definition) is 1. The molecule has 1 heteroatoms. The second-order valence-electron chi connectivity index (χ2n) is 9.16. The molecule has 0 aliphatic carbocycles. The zero-order valence-electron chi connectivity index (χ0n) is 15.3. The van der Waals surface area contributed by atoms with Crippen molar-refractivity contribution in [2.75, 3.05) is 0 Å². The maximum Gasteiger partial charge on any atom is 0.123 e. The van der Waals surface area contributed by atoms with Crippen molar-refractivity contribution in [2.45, 2.75) is 73.1 Å². The Bertz CT molecular complexity index is 493. The Morgan fingerprint density at radius 2 is 1.14 bits per heavy atom. The second kappa shape index (κ2) is 5.51. The molecule has 0 spiro atoms. The molecule has 0 radical (unpaired) electrons. The minimum absolute atomic E-state index is 0.0737. The normalized spacial score (nSPS) is 14.0. The van der Waals surface area contributed by atoms with Gasteiger partial charge in [0.05, 0.1) is 0 Å². The molecule has 21 heavy (non-hydrogen) atoms. The first-order valence-corrected chi connectivity index (χ1v) is 7.79. The van der Waals surface area contributed by atoms with Crippen molar-refractivity contribution in [1.29, 1.82) is 0 Å². The Kier molecular flexibility index (Phi) is 4.68. The van der Waals surface area contributed by atoms with Gasteiger partial charge in [0.15, 0.2) is 0 Å². The lowest BCUT2D eigenvalue weighted by Gasteiger charge is -2.28. The van der Waals surface area contributed by atoms with Gasteiger partial charge in [-0.1, -0.05) is 74.5 Å². The fourth-order valence-corrected chi connectivity index (χ4v) is 2.24. The summed E-state index contributed by atoms with van der Waals surface area (Å²) in [4.78, 5) is 0. The first-order valence-electron chi connectivity index (χ1n) is 7.79. The quantitative estimate of drug-likeness (QED) is 0.667. The summed E-state index contributed by atoms with van der Waals surface area (Å²) >= 11 is 0. The zero-order valence-corrected chi connectivity index (χ0v) is 15.3. The highest BCUT2D eigenvalue weighted by Gasteiger charge is 2.26. The highest BCUT2D eigenvalue weighted by atomic mass is 16.3. The van der Waals surface area contributed by atoms with Crippen LogP contribution in [0.2, 0.25) is 0 Å². The van der Waals surface area contributed by atoms with Crippen LogP contribution in [0.1, 0.15) is 79.0 Å². The van der Waals surface area contributed by atoms with Crippen LogP contribution in [0, 0.1) is 5.41 Å². The molecule has 0 heterocycles. The highest BCUT2D eigenvalue weighted by molar-refractivity contribution is 5.59. The van der Waals surface area contributed by atoms with Crippen molar-refractivity contribution in [3.05, 3.63) is 34.9 Å². The van der Waals surface area contributed by atoms with E-state index in [2.05, 4.69) is 86.6 Å². The molecule has 0 amide bonds. The third-order valence-corrected chi connectivity index (χ3v) is 3.52. The lowest BCUT2D eigenvalue weighted by molar-refractivity contribution is 0.423. The molecule has 0 aliphatic rings. The van der Waals surface area contributed by atoms with Gasteiger partial charge in [0.2, 0.25) is 0 Å². The summed E-state index contributed by atoms with van der Waals surface area (Å²) in [5.74, 6) is 0.447. The predicted octanol–water partition coefficient (Wildman–Crippen LogP) is 6.05. The number of aromatic hydroxyl groups is 1. The first kappa shape index (κ1) is 17.8. The molecule has 1 rings (SSSR count). The summed E-state index contributed by atoms with van der Waals surface area (Å²) in [6, 6.07) is 4.24. The summed E-state index contributed by atoms with van der Waals surface area (Å²) in [5, 5.41) is 10.7. The van der Waals surface area contributed by atoms with Crippen LogP contribution in [0.5, 0.6) is 5.75 Å². The molecule has 0 atom stereocenters. The molecular weight excluding hydrogens is 256 g/mol. The molecule has 1 N–H and O–H groups in total. The van der Waals surface area contributed by atoms with Gasteiger partial charge in [-0.05, 0) is 33.9 Å². The number of allylic oxidation sites excluding steroid dienone is 1. The number of phenolic OH excluding ortho intramolecular Hbond substituents is 1. The summed E-state index contributed by atoms with van der Waals surface area (Å²) < 4.78 is 0. The fraction of sp³-hybridized carbons (Fsp3) is 0.600. The van der Waals surface area contributed by atoms with E-state index in [0.717, 1.165) is 16.7 Å². The minimum atomic E-state index is -0.0737. The van der Waals surface area contributed by atoms with Crippen molar-refractivity contribution < 1.29 is 5.11 Å². The van der Waals surface area contributed by atoms with E-state index in [1.54, 1.807) is 0 Å². The molecule has 1 nitrogen and oxygen atoms in total. The SMILES string of the molecule is CC(C)(C)/C=C/c1cc(C(C)(C)C)c(O)c(C(C)(C)C)c1. The lowest BCUT2D eigenvalue weighted by Crippen LogP contribution is -2.17. The lowest BCUT2D eigenvalue weighted by atomic mass is 9.78. The van der Waals surface area contributed by atoms with Crippen molar-refractivity contribution in [3.63, 3.8) is 0 Å². The van der Waals surface area contributed by atoms with E-state index in [4.69, 9.17) is 0 Å². The van der Waals surface area contributed by atoms with Gasteiger partial charge in [-0.3, -0.25) is 0 Å². The number of hydrogen-bond donors (Lipinski definition) is 1. The van der Waals surface area contributed by atoms with Crippen molar-refractivity contribution in [3.8, 4) is 5.75 Å². The van der Waals surface area contributed by atoms with E-state index >= 15 is 0 Å². The van der Waals surface area contributed by atoms with Crippen molar-refractivity contribution in [2.24, 2.45) is 5.41 Å². The average molecular weight is 288 g/mol. The molecule has 0 aliphatic heterocycles. The minimum Gasteiger partial charge on any atom is -0.507 e.